The van der Waals surface area contributed by atoms with E-state index >= 15 is 0 Å². The predicted molar refractivity (Wildman–Crippen MR) is 97.8 cm³/mol. The lowest BCUT2D eigenvalue weighted by molar-refractivity contribution is -0.0132. The summed E-state index contributed by atoms with van der Waals surface area (Å²) in [4.78, 5) is 0. The Bertz CT molecular complexity index is 336. The highest BCUT2D eigenvalue weighted by Crippen LogP contribution is 2.30. The van der Waals surface area contributed by atoms with Gasteiger partial charge >= 0.3 is 0 Å². The van der Waals surface area contributed by atoms with Crippen molar-refractivity contribution in [2.75, 3.05) is 13.8 Å². The molecule has 0 amide bonds. The average molecular weight is 346 g/mol. The molecule has 0 aromatic carbocycles. The van der Waals surface area contributed by atoms with Gasteiger partial charge in [0.05, 0.1) is 6.04 Å². The summed E-state index contributed by atoms with van der Waals surface area (Å²) in [5.74, 6) is 1.37. The number of rotatable bonds is 8. The van der Waals surface area contributed by atoms with Gasteiger partial charge in [0.2, 0.25) is 0 Å². The molecular weight excluding hydrogens is 310 g/mol. The first-order valence-electron chi connectivity index (χ1n) is 9.46. The zero-order chi connectivity index (χ0) is 16.8. The number of hydrogen-bond donors (Lipinski definition) is 3. The first-order valence-corrected chi connectivity index (χ1v) is 9.90. The first-order chi connectivity index (χ1) is 11.1. The van der Waals surface area contributed by atoms with Crippen LogP contribution >= 0.6 is 11.6 Å². The summed E-state index contributed by atoms with van der Waals surface area (Å²) in [5, 5.41) is 11.0. The molecule has 3 N–H and O–H groups in total. The van der Waals surface area contributed by atoms with Gasteiger partial charge in [-0.1, -0.05) is 33.1 Å². The smallest absolute Gasteiger partial charge is 0.125 e. The van der Waals surface area contributed by atoms with E-state index in [-0.39, 0.29) is 11.6 Å². The van der Waals surface area contributed by atoms with Crippen LogP contribution in [0, 0.1) is 11.8 Å². The minimum atomic E-state index is 0.0930. The topological polar surface area (TPSA) is 45.3 Å². The van der Waals surface area contributed by atoms with Crippen LogP contribution in [0.4, 0.5) is 0 Å². The monoisotopic (exact) mass is 345 g/mol. The Hall–Kier alpha value is 0.130. The fourth-order valence-corrected chi connectivity index (χ4v) is 4.46. The number of piperidine rings is 1. The summed E-state index contributed by atoms with van der Waals surface area (Å²) in [6, 6.07) is 1.34. The van der Waals surface area contributed by atoms with Crippen molar-refractivity contribution < 1.29 is 4.74 Å². The molecule has 2 heterocycles. The molecule has 2 rings (SSSR count). The molecule has 2 aliphatic heterocycles. The fraction of sp³-hybridized carbons (Fsp3) is 1.00. The Labute approximate surface area is 147 Å². The molecule has 7 atom stereocenters. The molecule has 136 valence electrons. The summed E-state index contributed by atoms with van der Waals surface area (Å²) in [6.45, 7) is 7.62. The number of halogens is 1. The van der Waals surface area contributed by atoms with E-state index in [1.165, 1.54) is 38.5 Å². The third-order valence-electron chi connectivity index (χ3n) is 5.91. The Morgan fingerprint density at radius 3 is 2.61 bits per heavy atom. The van der Waals surface area contributed by atoms with Crippen molar-refractivity contribution in [3.63, 3.8) is 0 Å². The Kier molecular flexibility index (Phi) is 8.10. The molecule has 7 unspecified atom stereocenters. The van der Waals surface area contributed by atoms with Crippen LogP contribution in [0.5, 0.6) is 0 Å². The van der Waals surface area contributed by atoms with Gasteiger partial charge in [-0.3, -0.25) is 10.6 Å². The molecule has 5 heteroatoms. The Morgan fingerprint density at radius 2 is 1.96 bits per heavy atom. The number of hydrogen-bond acceptors (Lipinski definition) is 4. The molecule has 0 radical (unpaired) electrons. The van der Waals surface area contributed by atoms with E-state index in [0.717, 1.165) is 12.6 Å². The number of nitrogens with one attached hydrogen (secondary N) is 3. The molecule has 0 saturated carbocycles. The average Bonchev–Trinajstić information content (AvgIpc) is 2.57. The highest BCUT2D eigenvalue weighted by Gasteiger charge is 2.40. The summed E-state index contributed by atoms with van der Waals surface area (Å²) < 4.78 is 5.63. The largest absolute Gasteiger partial charge is 0.365 e. The molecule has 23 heavy (non-hydrogen) atoms. The lowest BCUT2D eigenvalue weighted by Crippen LogP contribution is -2.70. The summed E-state index contributed by atoms with van der Waals surface area (Å²) >= 11 is 6.57. The molecule has 0 bridgehead atoms. The van der Waals surface area contributed by atoms with Crippen molar-refractivity contribution in [1.29, 1.82) is 0 Å². The van der Waals surface area contributed by atoms with Crippen LogP contribution in [0.1, 0.15) is 59.3 Å². The van der Waals surface area contributed by atoms with Crippen LogP contribution in [0.2, 0.25) is 0 Å². The second kappa shape index (κ2) is 9.57. The van der Waals surface area contributed by atoms with Crippen LogP contribution in [-0.2, 0) is 4.74 Å². The van der Waals surface area contributed by atoms with Gasteiger partial charge in [-0.05, 0) is 38.0 Å². The number of methoxy groups -OCH3 is 1. The number of fused-ring (bicyclic) bond motifs is 1. The van der Waals surface area contributed by atoms with E-state index in [1.54, 1.807) is 7.11 Å². The maximum Gasteiger partial charge on any atom is 0.125 e. The van der Waals surface area contributed by atoms with Crippen LogP contribution in [0.25, 0.3) is 0 Å². The van der Waals surface area contributed by atoms with Crippen LogP contribution in [0.15, 0.2) is 0 Å². The lowest BCUT2D eigenvalue weighted by atomic mass is 9.81. The van der Waals surface area contributed by atoms with Crippen LogP contribution in [0.3, 0.4) is 0 Å². The van der Waals surface area contributed by atoms with Crippen molar-refractivity contribution in [3.05, 3.63) is 0 Å². The standard InChI is InChI=1S/C18H36ClN3O/c1-5-12(2)7-6-8-14(13(3)19)15-9-10-16-17(22-15)18(23-4)21-11-20-16/h12-18,20-22H,5-11H2,1-4H3. The molecule has 2 saturated heterocycles. The van der Waals surface area contributed by atoms with Gasteiger partial charge < -0.3 is 10.1 Å². The molecule has 0 spiro atoms. The Balaban J connectivity index is 1.91. The van der Waals surface area contributed by atoms with Crippen molar-refractivity contribution in [2.24, 2.45) is 11.8 Å². The van der Waals surface area contributed by atoms with Gasteiger partial charge in [0.25, 0.3) is 0 Å². The third-order valence-corrected chi connectivity index (χ3v) is 6.24. The van der Waals surface area contributed by atoms with Gasteiger partial charge in [-0.15, -0.1) is 11.6 Å². The first kappa shape index (κ1) is 19.5. The van der Waals surface area contributed by atoms with Gasteiger partial charge in [-0.2, -0.15) is 0 Å². The minimum absolute atomic E-state index is 0.0930. The third kappa shape index (κ3) is 5.30. The van der Waals surface area contributed by atoms with E-state index in [4.69, 9.17) is 16.3 Å². The summed E-state index contributed by atoms with van der Waals surface area (Å²) in [6.07, 6.45) is 7.61. The van der Waals surface area contributed by atoms with Crippen molar-refractivity contribution in [3.8, 4) is 0 Å². The maximum atomic E-state index is 6.57. The molecule has 0 aliphatic carbocycles. The van der Waals surface area contributed by atoms with Gasteiger partial charge in [-0.25, -0.2) is 0 Å². The molecule has 0 aromatic heterocycles. The van der Waals surface area contributed by atoms with E-state index in [0.29, 0.717) is 24.0 Å². The zero-order valence-electron chi connectivity index (χ0n) is 15.3. The van der Waals surface area contributed by atoms with Crippen molar-refractivity contribution >= 4 is 11.6 Å². The van der Waals surface area contributed by atoms with Gasteiger partial charge in [0, 0.05) is 31.2 Å². The van der Waals surface area contributed by atoms with E-state index < -0.39 is 0 Å². The predicted octanol–water partition coefficient (Wildman–Crippen LogP) is 3.06. The number of ether oxygens (including phenoxy) is 1. The molecule has 4 nitrogen and oxygen atoms in total. The highest BCUT2D eigenvalue weighted by molar-refractivity contribution is 6.20. The molecule has 0 aromatic rings. The summed E-state index contributed by atoms with van der Waals surface area (Å²) in [7, 11) is 1.79. The summed E-state index contributed by atoms with van der Waals surface area (Å²) in [5.41, 5.74) is 0. The second-order valence-corrected chi connectivity index (χ2v) is 8.20. The molecular formula is C18H36ClN3O. The highest BCUT2D eigenvalue weighted by atomic mass is 35.5. The van der Waals surface area contributed by atoms with E-state index in [9.17, 15) is 0 Å². The van der Waals surface area contributed by atoms with Crippen molar-refractivity contribution in [1.82, 2.24) is 16.0 Å². The Morgan fingerprint density at radius 1 is 1.17 bits per heavy atom. The maximum absolute atomic E-state index is 6.57. The van der Waals surface area contributed by atoms with Crippen LogP contribution < -0.4 is 16.0 Å². The minimum Gasteiger partial charge on any atom is -0.365 e. The van der Waals surface area contributed by atoms with Gasteiger partial charge in [0.1, 0.15) is 6.23 Å². The fourth-order valence-electron chi connectivity index (χ4n) is 4.16. The van der Waals surface area contributed by atoms with E-state index in [1.807, 2.05) is 0 Å². The van der Waals surface area contributed by atoms with Gasteiger partial charge in [0.15, 0.2) is 0 Å². The van der Waals surface area contributed by atoms with E-state index in [2.05, 4.69) is 36.7 Å². The molecule has 2 fully saturated rings. The normalized spacial score (nSPS) is 35.3. The zero-order valence-corrected chi connectivity index (χ0v) is 16.0. The lowest BCUT2D eigenvalue weighted by Gasteiger charge is -2.47. The van der Waals surface area contributed by atoms with Crippen molar-refractivity contribution in [2.45, 2.75) is 89.0 Å². The van der Waals surface area contributed by atoms with Crippen LogP contribution in [-0.4, -0.2) is 43.5 Å². The number of alkyl halides is 1. The molecule has 2 aliphatic rings. The quantitative estimate of drug-likeness (QED) is 0.592. The second-order valence-electron chi connectivity index (χ2n) is 7.51. The SMILES string of the molecule is CCC(C)CCCC(C(C)Cl)C1CCC2NCNC(OC)C2N1.